The van der Waals surface area contributed by atoms with E-state index >= 15 is 0 Å². The molecule has 5 nitrogen and oxygen atoms in total. The first-order valence-corrected chi connectivity index (χ1v) is 9.62. The van der Waals surface area contributed by atoms with Gasteiger partial charge in [0.15, 0.2) is 15.8 Å². The molecule has 128 valence electrons. The maximum atomic E-state index is 11.5. The number of benzene rings is 1. The van der Waals surface area contributed by atoms with Crippen LogP contribution in [0.15, 0.2) is 29.3 Å². The van der Waals surface area contributed by atoms with Crippen LogP contribution in [0.3, 0.4) is 0 Å². The van der Waals surface area contributed by atoms with Crippen LogP contribution in [0.2, 0.25) is 5.02 Å². The lowest BCUT2D eigenvalue weighted by atomic mass is 10.1. The van der Waals surface area contributed by atoms with Crippen molar-refractivity contribution in [2.75, 3.05) is 18.6 Å². The second-order valence-electron chi connectivity index (χ2n) is 5.96. The Hall–Kier alpha value is -0.540. The van der Waals surface area contributed by atoms with Gasteiger partial charge in [0.1, 0.15) is 0 Å². The van der Waals surface area contributed by atoms with E-state index in [-0.39, 0.29) is 41.5 Å². The van der Waals surface area contributed by atoms with Crippen molar-refractivity contribution in [1.82, 2.24) is 10.6 Å². The molecule has 3 unspecified atom stereocenters. The van der Waals surface area contributed by atoms with Crippen LogP contribution < -0.4 is 10.6 Å². The molecule has 1 aromatic rings. The highest BCUT2D eigenvalue weighted by atomic mass is 127. The van der Waals surface area contributed by atoms with Gasteiger partial charge in [0, 0.05) is 30.1 Å². The van der Waals surface area contributed by atoms with Crippen LogP contribution in [-0.4, -0.2) is 45.0 Å². The summed E-state index contributed by atoms with van der Waals surface area (Å²) >= 11 is 6.02. The van der Waals surface area contributed by atoms with E-state index in [1.807, 2.05) is 18.2 Å². The van der Waals surface area contributed by atoms with Crippen LogP contribution in [0, 0.1) is 0 Å². The van der Waals surface area contributed by atoms with Gasteiger partial charge in [-0.2, -0.15) is 0 Å². The highest BCUT2D eigenvalue weighted by Gasteiger charge is 2.39. The molecule has 1 heterocycles. The smallest absolute Gasteiger partial charge is 0.191 e. The van der Waals surface area contributed by atoms with E-state index in [0.717, 1.165) is 11.4 Å². The highest BCUT2D eigenvalue weighted by molar-refractivity contribution is 14.0. The monoisotopic (exact) mass is 469 g/mol. The Morgan fingerprint density at radius 3 is 2.74 bits per heavy atom. The molecular weight excluding hydrogens is 449 g/mol. The Kier molecular flexibility index (Phi) is 6.18. The first-order chi connectivity index (χ1) is 10.5. The molecule has 1 aliphatic heterocycles. The molecule has 1 saturated heterocycles. The molecule has 0 amide bonds. The quantitative estimate of drug-likeness (QED) is 0.404. The van der Waals surface area contributed by atoms with Gasteiger partial charge < -0.3 is 10.6 Å². The van der Waals surface area contributed by atoms with Crippen molar-refractivity contribution in [2.24, 2.45) is 4.99 Å². The Morgan fingerprint density at radius 2 is 2.13 bits per heavy atom. The largest absolute Gasteiger partial charge is 0.353 e. The molecule has 8 heteroatoms. The molecule has 2 N–H and O–H groups in total. The fraction of sp³-hybridized carbons (Fsp3) is 0.533. The van der Waals surface area contributed by atoms with Crippen LogP contribution in [0.1, 0.15) is 24.3 Å². The number of halogens is 2. The maximum absolute atomic E-state index is 11.5. The topological polar surface area (TPSA) is 70.6 Å². The van der Waals surface area contributed by atoms with Crippen LogP contribution in [0.25, 0.3) is 0 Å². The zero-order chi connectivity index (χ0) is 15.7. The van der Waals surface area contributed by atoms with Crippen molar-refractivity contribution in [2.45, 2.75) is 30.8 Å². The summed E-state index contributed by atoms with van der Waals surface area (Å²) in [7, 11) is -1.18. The number of nitrogens with one attached hydrogen (secondary N) is 2. The van der Waals surface area contributed by atoms with Crippen molar-refractivity contribution in [3.63, 3.8) is 0 Å². The summed E-state index contributed by atoms with van der Waals surface area (Å²) in [4.78, 5) is 4.20. The van der Waals surface area contributed by atoms with Crippen molar-refractivity contribution >= 4 is 51.4 Å². The number of aliphatic imine (C=N–C) groups is 1. The first kappa shape index (κ1) is 18.8. The van der Waals surface area contributed by atoms with E-state index in [9.17, 15) is 8.42 Å². The van der Waals surface area contributed by atoms with Crippen molar-refractivity contribution in [3.8, 4) is 0 Å². The molecule has 1 aliphatic carbocycles. The first-order valence-electron chi connectivity index (χ1n) is 7.42. The van der Waals surface area contributed by atoms with Gasteiger partial charge in [-0.25, -0.2) is 8.42 Å². The van der Waals surface area contributed by atoms with Crippen LogP contribution in [0.5, 0.6) is 0 Å². The zero-order valence-corrected chi connectivity index (χ0v) is 16.7. The number of guanidine groups is 1. The van der Waals surface area contributed by atoms with Crippen LogP contribution >= 0.6 is 35.6 Å². The molecule has 23 heavy (non-hydrogen) atoms. The number of hydrogen-bond acceptors (Lipinski definition) is 3. The Morgan fingerprint density at radius 1 is 1.35 bits per heavy atom. The molecule has 0 radical (unpaired) electrons. The lowest BCUT2D eigenvalue weighted by molar-refractivity contribution is 0.599. The predicted octanol–water partition coefficient (Wildman–Crippen LogP) is 2.17. The van der Waals surface area contributed by atoms with Gasteiger partial charge in [0.2, 0.25) is 0 Å². The van der Waals surface area contributed by atoms with E-state index in [1.54, 1.807) is 7.05 Å². The van der Waals surface area contributed by atoms with Crippen LogP contribution in [-0.2, 0) is 9.84 Å². The molecule has 3 rings (SSSR count). The molecule has 1 aromatic carbocycles. The standard InChI is InChI=1S/C15H20ClN3O2S.HI/c1-17-15(18-12-5-6-22(20,21)9-12)19-14-8-13(14)10-3-2-4-11(16)7-10;/h2-4,7,12-14H,5-6,8-9H2,1H3,(H2,17,18,19);1H. The second kappa shape index (κ2) is 7.57. The molecule has 2 fully saturated rings. The Bertz CT molecular complexity index is 696. The predicted molar refractivity (Wildman–Crippen MR) is 105 cm³/mol. The Labute approximate surface area is 159 Å². The molecule has 0 bridgehead atoms. The fourth-order valence-electron chi connectivity index (χ4n) is 2.91. The van der Waals surface area contributed by atoms with Crippen molar-refractivity contribution in [1.29, 1.82) is 0 Å². The summed E-state index contributed by atoms with van der Waals surface area (Å²) in [6.45, 7) is 0. The van der Waals surface area contributed by atoms with Gasteiger partial charge in [-0.3, -0.25) is 4.99 Å². The van der Waals surface area contributed by atoms with Gasteiger partial charge >= 0.3 is 0 Å². The third-order valence-corrected chi connectivity index (χ3v) is 6.19. The number of sulfone groups is 1. The van der Waals surface area contributed by atoms with Gasteiger partial charge in [-0.05, 0) is 30.5 Å². The lowest BCUT2D eigenvalue weighted by Gasteiger charge is -2.16. The summed E-state index contributed by atoms with van der Waals surface area (Å²) < 4.78 is 23.0. The van der Waals surface area contributed by atoms with E-state index in [1.165, 1.54) is 5.56 Å². The van der Waals surface area contributed by atoms with Gasteiger partial charge in [0.25, 0.3) is 0 Å². The van der Waals surface area contributed by atoms with E-state index < -0.39 is 9.84 Å². The summed E-state index contributed by atoms with van der Waals surface area (Å²) in [6.07, 6.45) is 1.68. The minimum Gasteiger partial charge on any atom is -0.353 e. The van der Waals surface area contributed by atoms with Crippen LogP contribution in [0.4, 0.5) is 0 Å². The molecule has 2 aliphatic rings. The number of nitrogens with zero attached hydrogens (tertiary/aromatic N) is 1. The third-order valence-electron chi connectivity index (χ3n) is 4.19. The molecule has 1 saturated carbocycles. The fourth-order valence-corrected chi connectivity index (χ4v) is 4.78. The third kappa shape index (κ3) is 4.96. The average molecular weight is 470 g/mol. The van der Waals surface area contributed by atoms with E-state index in [2.05, 4.69) is 21.7 Å². The van der Waals surface area contributed by atoms with Gasteiger partial charge in [-0.15, -0.1) is 24.0 Å². The van der Waals surface area contributed by atoms with Crippen molar-refractivity contribution in [3.05, 3.63) is 34.9 Å². The summed E-state index contributed by atoms with van der Waals surface area (Å²) in [6, 6.07) is 8.19. The normalized spacial score (nSPS) is 28.8. The zero-order valence-electron chi connectivity index (χ0n) is 12.8. The summed E-state index contributed by atoms with van der Waals surface area (Å²) in [5, 5.41) is 7.33. The SMILES string of the molecule is CN=C(NC1CCS(=O)(=O)C1)NC1CC1c1cccc(Cl)c1.I. The molecule has 0 aromatic heterocycles. The molecular formula is C15H21ClIN3O2S. The molecule has 0 spiro atoms. The van der Waals surface area contributed by atoms with E-state index in [4.69, 9.17) is 11.6 Å². The summed E-state index contributed by atoms with van der Waals surface area (Å²) in [5.41, 5.74) is 1.23. The van der Waals surface area contributed by atoms with Crippen molar-refractivity contribution < 1.29 is 8.42 Å². The van der Waals surface area contributed by atoms with Gasteiger partial charge in [0.05, 0.1) is 11.5 Å². The van der Waals surface area contributed by atoms with E-state index in [0.29, 0.717) is 24.3 Å². The Balaban J connectivity index is 0.00000192. The molecule has 3 atom stereocenters. The minimum atomic E-state index is -2.88. The number of hydrogen-bond donors (Lipinski definition) is 2. The second-order valence-corrected chi connectivity index (χ2v) is 8.63. The summed E-state index contributed by atoms with van der Waals surface area (Å²) in [5.74, 6) is 1.56. The highest BCUT2D eigenvalue weighted by Crippen LogP contribution is 2.41. The lowest BCUT2D eigenvalue weighted by Crippen LogP contribution is -2.45. The minimum absolute atomic E-state index is 0. The number of rotatable bonds is 3. The van der Waals surface area contributed by atoms with Gasteiger partial charge in [-0.1, -0.05) is 23.7 Å². The maximum Gasteiger partial charge on any atom is 0.191 e. The average Bonchev–Trinajstić information content (AvgIpc) is 3.15.